The summed E-state index contributed by atoms with van der Waals surface area (Å²) in [6.45, 7) is 0. The van der Waals surface area contributed by atoms with Crippen LogP contribution in [0.15, 0.2) is 32.1 Å². The Morgan fingerprint density at radius 2 is 2.36 bits per heavy atom. The highest BCUT2D eigenvalue weighted by atomic mass is 79.9. The fourth-order valence-electron chi connectivity index (χ4n) is 0.706. The Morgan fingerprint density at radius 3 is 2.91 bits per heavy atom. The van der Waals surface area contributed by atoms with Gasteiger partial charge in [0.2, 0.25) is 4.73 Å². The third-order valence-electron chi connectivity index (χ3n) is 1.13. The van der Waals surface area contributed by atoms with E-state index in [2.05, 4.69) is 26.1 Å². The summed E-state index contributed by atoms with van der Waals surface area (Å²) >= 11 is 3.06. The number of rotatable bonds is 1. The standard InChI is InChI=1S/C6H3BrN2O2/c7-6-8-5(11-9-6)4-2-1-3-10-4/h1-3H. The van der Waals surface area contributed by atoms with Crippen molar-refractivity contribution in [2.24, 2.45) is 0 Å². The van der Waals surface area contributed by atoms with Crippen LogP contribution in [0.3, 0.4) is 0 Å². The monoisotopic (exact) mass is 214 g/mol. The first-order valence-corrected chi connectivity index (χ1v) is 3.68. The molecule has 5 heteroatoms. The second kappa shape index (κ2) is 2.50. The zero-order chi connectivity index (χ0) is 7.68. The summed E-state index contributed by atoms with van der Waals surface area (Å²) in [7, 11) is 0. The van der Waals surface area contributed by atoms with Crippen molar-refractivity contribution in [3.63, 3.8) is 0 Å². The average molecular weight is 215 g/mol. The van der Waals surface area contributed by atoms with Gasteiger partial charge in [-0.1, -0.05) is 0 Å². The second-order valence-electron chi connectivity index (χ2n) is 1.85. The molecule has 0 aromatic carbocycles. The van der Waals surface area contributed by atoms with Gasteiger partial charge in [0.05, 0.1) is 6.26 Å². The summed E-state index contributed by atoms with van der Waals surface area (Å²) in [4.78, 5) is 3.90. The highest BCUT2D eigenvalue weighted by molar-refractivity contribution is 9.10. The summed E-state index contributed by atoms with van der Waals surface area (Å²) in [5, 5.41) is 3.54. The first kappa shape index (κ1) is 6.60. The third-order valence-corrected chi connectivity index (χ3v) is 1.46. The maximum absolute atomic E-state index is 5.02. The molecule has 0 saturated carbocycles. The summed E-state index contributed by atoms with van der Waals surface area (Å²) in [6.07, 6.45) is 1.55. The molecular formula is C6H3BrN2O2. The lowest BCUT2D eigenvalue weighted by atomic mass is 10.4. The van der Waals surface area contributed by atoms with Crippen molar-refractivity contribution < 1.29 is 8.94 Å². The van der Waals surface area contributed by atoms with Crippen LogP contribution in [-0.2, 0) is 0 Å². The molecular weight excluding hydrogens is 212 g/mol. The molecule has 2 aromatic rings. The van der Waals surface area contributed by atoms with Crippen LogP contribution in [0.4, 0.5) is 0 Å². The molecule has 0 aliphatic rings. The predicted octanol–water partition coefficient (Wildman–Crippen LogP) is 2.09. The summed E-state index contributed by atoms with van der Waals surface area (Å²) in [5.41, 5.74) is 0. The number of furan rings is 1. The van der Waals surface area contributed by atoms with Crippen LogP contribution in [0.5, 0.6) is 0 Å². The molecule has 11 heavy (non-hydrogen) atoms. The molecule has 0 atom stereocenters. The van der Waals surface area contributed by atoms with E-state index in [0.717, 1.165) is 0 Å². The van der Waals surface area contributed by atoms with E-state index >= 15 is 0 Å². The SMILES string of the molecule is Brc1noc(-c2ccco2)n1. The molecule has 0 unspecified atom stereocenters. The predicted molar refractivity (Wildman–Crippen MR) is 39.7 cm³/mol. The van der Waals surface area contributed by atoms with Gasteiger partial charge in [0.15, 0.2) is 5.76 Å². The lowest BCUT2D eigenvalue weighted by molar-refractivity contribution is 0.412. The van der Waals surface area contributed by atoms with Gasteiger partial charge in [0.1, 0.15) is 0 Å². The van der Waals surface area contributed by atoms with Crippen LogP contribution in [-0.4, -0.2) is 10.1 Å². The van der Waals surface area contributed by atoms with Crippen molar-refractivity contribution >= 4 is 15.9 Å². The summed E-state index contributed by atoms with van der Waals surface area (Å²) in [6, 6.07) is 3.51. The number of halogens is 1. The topological polar surface area (TPSA) is 52.1 Å². The molecule has 0 bridgehead atoms. The van der Waals surface area contributed by atoms with Crippen LogP contribution < -0.4 is 0 Å². The van der Waals surface area contributed by atoms with Gasteiger partial charge in [-0.2, -0.15) is 4.98 Å². The Labute approximate surface area is 70.3 Å². The highest BCUT2D eigenvalue weighted by Crippen LogP contribution is 2.18. The van der Waals surface area contributed by atoms with Gasteiger partial charge in [-0.3, -0.25) is 0 Å². The molecule has 2 heterocycles. The minimum Gasteiger partial charge on any atom is -0.459 e. The van der Waals surface area contributed by atoms with Gasteiger partial charge < -0.3 is 8.94 Å². The van der Waals surface area contributed by atoms with E-state index in [-0.39, 0.29) is 0 Å². The normalized spacial score (nSPS) is 10.3. The Bertz CT molecular complexity index is 341. The van der Waals surface area contributed by atoms with Crippen LogP contribution in [0.25, 0.3) is 11.7 Å². The maximum Gasteiger partial charge on any atom is 0.294 e. The molecule has 2 rings (SSSR count). The van der Waals surface area contributed by atoms with Gasteiger partial charge >= 0.3 is 0 Å². The molecule has 0 spiro atoms. The van der Waals surface area contributed by atoms with E-state index in [1.807, 2.05) is 0 Å². The van der Waals surface area contributed by atoms with Crippen molar-refractivity contribution in [1.29, 1.82) is 0 Å². The average Bonchev–Trinajstić information content (AvgIpc) is 2.55. The smallest absolute Gasteiger partial charge is 0.294 e. The minimum atomic E-state index is 0.377. The fraction of sp³-hybridized carbons (Fsp3) is 0. The number of hydrogen-bond acceptors (Lipinski definition) is 4. The molecule has 0 N–H and O–H groups in total. The van der Waals surface area contributed by atoms with Crippen LogP contribution in [0, 0.1) is 0 Å². The van der Waals surface area contributed by atoms with E-state index < -0.39 is 0 Å². The minimum absolute atomic E-state index is 0.377. The zero-order valence-electron chi connectivity index (χ0n) is 5.32. The fourth-order valence-corrected chi connectivity index (χ4v) is 0.939. The number of nitrogens with zero attached hydrogens (tertiary/aromatic N) is 2. The Balaban J connectivity index is 2.45. The van der Waals surface area contributed by atoms with Crippen molar-refractivity contribution in [3.05, 3.63) is 23.1 Å². The Kier molecular flexibility index (Phi) is 1.50. The zero-order valence-corrected chi connectivity index (χ0v) is 6.91. The maximum atomic E-state index is 5.02. The van der Waals surface area contributed by atoms with Crippen molar-refractivity contribution in [2.45, 2.75) is 0 Å². The van der Waals surface area contributed by atoms with Crippen molar-refractivity contribution in [3.8, 4) is 11.7 Å². The largest absolute Gasteiger partial charge is 0.459 e. The lowest BCUT2D eigenvalue weighted by Gasteiger charge is -1.80. The molecule has 0 radical (unpaired) electrons. The highest BCUT2D eigenvalue weighted by Gasteiger charge is 2.07. The van der Waals surface area contributed by atoms with Gasteiger partial charge in [-0.05, 0) is 33.2 Å². The van der Waals surface area contributed by atoms with Gasteiger partial charge in [-0.25, -0.2) is 0 Å². The quantitative estimate of drug-likeness (QED) is 0.730. The van der Waals surface area contributed by atoms with Crippen LogP contribution in [0.2, 0.25) is 0 Å². The molecule has 0 aliphatic heterocycles. The molecule has 0 aliphatic carbocycles. The van der Waals surface area contributed by atoms with Gasteiger partial charge in [0, 0.05) is 0 Å². The Hall–Kier alpha value is -1.10. The van der Waals surface area contributed by atoms with Gasteiger partial charge in [-0.15, -0.1) is 0 Å². The number of aromatic nitrogens is 2. The van der Waals surface area contributed by atoms with Crippen LogP contribution in [0.1, 0.15) is 0 Å². The first-order valence-electron chi connectivity index (χ1n) is 2.89. The van der Waals surface area contributed by atoms with Crippen molar-refractivity contribution in [1.82, 2.24) is 10.1 Å². The van der Waals surface area contributed by atoms with E-state index in [4.69, 9.17) is 8.94 Å². The van der Waals surface area contributed by atoms with Gasteiger partial charge in [0.25, 0.3) is 5.89 Å². The molecule has 4 nitrogen and oxygen atoms in total. The first-order chi connectivity index (χ1) is 5.36. The van der Waals surface area contributed by atoms with E-state index in [9.17, 15) is 0 Å². The molecule has 56 valence electrons. The Morgan fingerprint density at radius 1 is 1.45 bits per heavy atom. The molecule has 2 aromatic heterocycles. The van der Waals surface area contributed by atoms with E-state index in [1.165, 1.54) is 0 Å². The summed E-state index contributed by atoms with van der Waals surface area (Å²) in [5.74, 6) is 0.949. The van der Waals surface area contributed by atoms with E-state index in [1.54, 1.807) is 18.4 Å². The molecule has 0 saturated heterocycles. The second-order valence-corrected chi connectivity index (χ2v) is 2.56. The number of hydrogen-bond donors (Lipinski definition) is 0. The van der Waals surface area contributed by atoms with E-state index in [0.29, 0.717) is 16.4 Å². The van der Waals surface area contributed by atoms with Crippen molar-refractivity contribution in [2.75, 3.05) is 0 Å². The van der Waals surface area contributed by atoms with Crippen LogP contribution >= 0.6 is 15.9 Å². The summed E-state index contributed by atoms with van der Waals surface area (Å²) < 4.78 is 10.2. The molecule has 0 fully saturated rings. The third kappa shape index (κ3) is 1.19. The molecule has 0 amide bonds. The lowest BCUT2D eigenvalue weighted by Crippen LogP contribution is -1.69.